The molecule has 2 rings (SSSR count). The van der Waals surface area contributed by atoms with Crippen molar-refractivity contribution in [3.8, 4) is 0 Å². The molecule has 0 saturated heterocycles. The zero-order valence-corrected chi connectivity index (χ0v) is 11.2. The fourth-order valence-electron chi connectivity index (χ4n) is 1.82. The number of carbonyl (C=O) groups is 2. The molecule has 102 valence electrons. The van der Waals surface area contributed by atoms with Crippen molar-refractivity contribution in [3.63, 3.8) is 0 Å². The van der Waals surface area contributed by atoms with Gasteiger partial charge in [0, 0.05) is 13.2 Å². The van der Waals surface area contributed by atoms with Gasteiger partial charge >= 0.3 is 5.97 Å². The molecular formula is C15H14N2O3. The van der Waals surface area contributed by atoms with E-state index in [1.54, 1.807) is 55.7 Å². The summed E-state index contributed by atoms with van der Waals surface area (Å²) in [5, 5.41) is 0. The Morgan fingerprint density at radius 3 is 2.45 bits per heavy atom. The van der Waals surface area contributed by atoms with Crippen LogP contribution in [0.2, 0.25) is 0 Å². The number of hydrogen-bond donors (Lipinski definition) is 0. The van der Waals surface area contributed by atoms with Crippen molar-refractivity contribution in [1.29, 1.82) is 0 Å². The van der Waals surface area contributed by atoms with Crippen LogP contribution in [-0.2, 0) is 4.74 Å². The van der Waals surface area contributed by atoms with Crippen LogP contribution in [0.1, 0.15) is 20.8 Å². The molecule has 1 aromatic heterocycles. The number of para-hydroxylation sites is 1. The average molecular weight is 270 g/mol. The maximum Gasteiger partial charge on any atom is 0.339 e. The normalized spacial score (nSPS) is 9.90. The van der Waals surface area contributed by atoms with E-state index in [-0.39, 0.29) is 5.91 Å². The van der Waals surface area contributed by atoms with Crippen LogP contribution in [0.4, 0.5) is 5.69 Å². The summed E-state index contributed by atoms with van der Waals surface area (Å²) in [6, 6.07) is 11.9. The van der Waals surface area contributed by atoms with Gasteiger partial charge in [-0.1, -0.05) is 18.2 Å². The van der Waals surface area contributed by atoms with E-state index in [2.05, 4.69) is 4.98 Å². The van der Waals surface area contributed by atoms with E-state index in [1.165, 1.54) is 12.0 Å². The topological polar surface area (TPSA) is 59.5 Å². The summed E-state index contributed by atoms with van der Waals surface area (Å²) in [6.45, 7) is 0. The van der Waals surface area contributed by atoms with Crippen molar-refractivity contribution in [2.24, 2.45) is 0 Å². The molecule has 0 fully saturated rings. The van der Waals surface area contributed by atoms with E-state index >= 15 is 0 Å². The van der Waals surface area contributed by atoms with Gasteiger partial charge in [-0.15, -0.1) is 0 Å². The highest BCUT2D eigenvalue weighted by Crippen LogP contribution is 2.21. The Morgan fingerprint density at radius 2 is 1.80 bits per heavy atom. The minimum Gasteiger partial charge on any atom is -0.465 e. The zero-order valence-electron chi connectivity index (χ0n) is 11.2. The molecule has 1 heterocycles. The molecule has 0 bridgehead atoms. The highest BCUT2D eigenvalue weighted by atomic mass is 16.5. The highest BCUT2D eigenvalue weighted by Gasteiger charge is 2.20. The molecule has 5 heteroatoms. The summed E-state index contributed by atoms with van der Waals surface area (Å²) >= 11 is 0. The maximum atomic E-state index is 12.3. The van der Waals surface area contributed by atoms with Gasteiger partial charge in [-0.05, 0) is 24.3 Å². The fourth-order valence-corrected chi connectivity index (χ4v) is 1.82. The number of rotatable bonds is 3. The van der Waals surface area contributed by atoms with Crippen LogP contribution >= 0.6 is 0 Å². The molecule has 0 N–H and O–H groups in total. The number of carbonyl (C=O) groups excluding carboxylic acids is 2. The number of aromatic nitrogens is 1. The van der Waals surface area contributed by atoms with Crippen LogP contribution in [0.5, 0.6) is 0 Å². The Hall–Kier alpha value is -2.69. The van der Waals surface area contributed by atoms with Gasteiger partial charge in [-0.3, -0.25) is 9.78 Å². The quantitative estimate of drug-likeness (QED) is 0.802. The number of ether oxygens (including phenoxy) is 1. The average Bonchev–Trinajstić information content (AvgIpc) is 2.53. The smallest absolute Gasteiger partial charge is 0.339 e. The van der Waals surface area contributed by atoms with Crippen molar-refractivity contribution >= 4 is 17.6 Å². The van der Waals surface area contributed by atoms with E-state index in [0.717, 1.165) is 0 Å². The summed E-state index contributed by atoms with van der Waals surface area (Å²) in [5.41, 5.74) is 1.13. The number of hydrogen-bond acceptors (Lipinski definition) is 4. The van der Waals surface area contributed by atoms with E-state index in [4.69, 9.17) is 4.74 Å². The minimum atomic E-state index is -0.485. The van der Waals surface area contributed by atoms with E-state index in [1.807, 2.05) is 0 Å². The lowest BCUT2D eigenvalue weighted by Crippen LogP contribution is -2.28. The predicted octanol–water partition coefficient (Wildman–Crippen LogP) is 2.14. The Labute approximate surface area is 116 Å². The number of nitrogens with zero attached hydrogens (tertiary/aromatic N) is 2. The van der Waals surface area contributed by atoms with Gasteiger partial charge in [0.15, 0.2) is 0 Å². The zero-order chi connectivity index (χ0) is 14.5. The highest BCUT2D eigenvalue weighted by molar-refractivity contribution is 6.08. The molecule has 0 radical (unpaired) electrons. The van der Waals surface area contributed by atoms with Gasteiger partial charge in [-0.25, -0.2) is 4.79 Å². The minimum absolute atomic E-state index is 0.290. The van der Waals surface area contributed by atoms with Crippen molar-refractivity contribution in [1.82, 2.24) is 4.98 Å². The molecule has 5 nitrogen and oxygen atoms in total. The number of pyridine rings is 1. The molecule has 0 saturated carbocycles. The van der Waals surface area contributed by atoms with Gasteiger partial charge in [0.1, 0.15) is 5.69 Å². The van der Waals surface area contributed by atoms with Crippen LogP contribution < -0.4 is 4.90 Å². The van der Waals surface area contributed by atoms with Crippen LogP contribution in [0.3, 0.4) is 0 Å². The molecule has 0 aliphatic carbocycles. The van der Waals surface area contributed by atoms with Crippen molar-refractivity contribution < 1.29 is 14.3 Å². The number of amides is 1. The lowest BCUT2D eigenvalue weighted by molar-refractivity contribution is 0.0601. The van der Waals surface area contributed by atoms with Crippen LogP contribution in [0.25, 0.3) is 0 Å². The Kier molecular flexibility index (Phi) is 4.10. The third-order valence-corrected chi connectivity index (χ3v) is 2.86. The third-order valence-electron chi connectivity index (χ3n) is 2.86. The monoisotopic (exact) mass is 270 g/mol. The van der Waals surface area contributed by atoms with Gasteiger partial charge in [0.25, 0.3) is 5.91 Å². The fraction of sp³-hybridized carbons (Fsp3) is 0.133. The molecule has 0 spiro atoms. The Balaban J connectivity index is 2.37. The maximum absolute atomic E-state index is 12.3. The van der Waals surface area contributed by atoms with E-state index in [0.29, 0.717) is 16.9 Å². The molecule has 0 aliphatic heterocycles. The second-order valence-corrected chi connectivity index (χ2v) is 4.09. The Morgan fingerprint density at radius 1 is 1.10 bits per heavy atom. The van der Waals surface area contributed by atoms with E-state index < -0.39 is 5.97 Å². The summed E-state index contributed by atoms with van der Waals surface area (Å²) in [5.74, 6) is -0.775. The van der Waals surface area contributed by atoms with Gasteiger partial charge in [0.2, 0.25) is 0 Å². The predicted molar refractivity (Wildman–Crippen MR) is 74.8 cm³/mol. The first-order chi connectivity index (χ1) is 9.65. The summed E-state index contributed by atoms with van der Waals surface area (Å²) in [6.07, 6.45) is 1.55. The first kappa shape index (κ1) is 13.7. The summed E-state index contributed by atoms with van der Waals surface area (Å²) < 4.78 is 4.72. The summed E-state index contributed by atoms with van der Waals surface area (Å²) in [4.78, 5) is 29.4. The van der Waals surface area contributed by atoms with Crippen molar-refractivity contribution in [2.75, 3.05) is 19.1 Å². The first-order valence-electron chi connectivity index (χ1n) is 6.01. The number of anilines is 1. The molecular weight excluding hydrogens is 256 g/mol. The van der Waals surface area contributed by atoms with Crippen molar-refractivity contribution in [2.45, 2.75) is 0 Å². The molecule has 1 aromatic carbocycles. The molecule has 0 atom stereocenters. The molecule has 2 aromatic rings. The van der Waals surface area contributed by atoms with Gasteiger partial charge in [0.05, 0.1) is 18.4 Å². The van der Waals surface area contributed by atoms with Gasteiger partial charge < -0.3 is 9.64 Å². The third kappa shape index (κ3) is 2.66. The number of methoxy groups -OCH3 is 1. The van der Waals surface area contributed by atoms with Crippen molar-refractivity contribution in [3.05, 3.63) is 59.9 Å². The van der Waals surface area contributed by atoms with Gasteiger partial charge in [-0.2, -0.15) is 0 Å². The van der Waals surface area contributed by atoms with Crippen LogP contribution in [0.15, 0.2) is 48.7 Å². The molecule has 0 unspecified atom stereocenters. The molecule has 0 aliphatic rings. The van der Waals surface area contributed by atoms with Crippen LogP contribution in [0, 0.1) is 0 Å². The molecule has 1 amide bonds. The van der Waals surface area contributed by atoms with Crippen LogP contribution in [-0.4, -0.2) is 31.0 Å². The standard InChI is InChI=1S/C15H14N2O3/c1-17(14(18)12-8-5-6-10-16-12)13-9-4-3-7-11(13)15(19)20-2/h3-10H,1-2H3. The largest absolute Gasteiger partial charge is 0.465 e. The molecule has 20 heavy (non-hydrogen) atoms. The summed E-state index contributed by atoms with van der Waals surface area (Å²) in [7, 11) is 2.90. The van der Waals surface area contributed by atoms with E-state index in [9.17, 15) is 9.59 Å². The number of esters is 1. The second-order valence-electron chi connectivity index (χ2n) is 4.09. The lowest BCUT2D eigenvalue weighted by Gasteiger charge is -2.19. The first-order valence-corrected chi connectivity index (χ1v) is 6.01. The lowest BCUT2D eigenvalue weighted by atomic mass is 10.1. The second kappa shape index (κ2) is 5.97. The number of benzene rings is 1. The SMILES string of the molecule is COC(=O)c1ccccc1N(C)C(=O)c1ccccn1. The Bertz CT molecular complexity index is 626.